The fourth-order valence-corrected chi connectivity index (χ4v) is 4.05. The van der Waals surface area contributed by atoms with Crippen LogP contribution in [0.3, 0.4) is 0 Å². The maximum atomic E-state index is 12.5. The summed E-state index contributed by atoms with van der Waals surface area (Å²) >= 11 is 1.53. The Morgan fingerprint density at radius 2 is 2.07 bits per heavy atom. The molecule has 0 spiro atoms. The highest BCUT2D eigenvalue weighted by atomic mass is 32.1. The van der Waals surface area contributed by atoms with Crippen LogP contribution in [0, 0.1) is 0 Å². The van der Waals surface area contributed by atoms with Crippen LogP contribution in [0.1, 0.15) is 50.8 Å². The second kappa shape index (κ2) is 9.44. The maximum Gasteiger partial charge on any atom is 0.254 e. The van der Waals surface area contributed by atoms with Gasteiger partial charge in [-0.1, -0.05) is 44.2 Å². The van der Waals surface area contributed by atoms with Crippen molar-refractivity contribution in [1.82, 2.24) is 4.98 Å². The van der Waals surface area contributed by atoms with Crippen LogP contribution in [0.4, 0.5) is 5.13 Å². The van der Waals surface area contributed by atoms with Gasteiger partial charge in [0.15, 0.2) is 5.13 Å². The number of aromatic nitrogens is 1. The average Bonchev–Trinajstić information content (AvgIpc) is 3.11. The van der Waals surface area contributed by atoms with Gasteiger partial charge < -0.3 is 9.47 Å². The number of anilines is 1. The lowest BCUT2D eigenvalue weighted by atomic mass is 10.1. The van der Waals surface area contributed by atoms with E-state index in [-0.39, 0.29) is 12.0 Å². The van der Waals surface area contributed by atoms with Crippen molar-refractivity contribution in [2.24, 2.45) is 0 Å². The largest absolute Gasteiger partial charge is 0.376 e. The van der Waals surface area contributed by atoms with Gasteiger partial charge in [0.2, 0.25) is 0 Å². The molecule has 0 radical (unpaired) electrons. The molecule has 1 aliphatic heterocycles. The van der Waals surface area contributed by atoms with Gasteiger partial charge in [0.25, 0.3) is 5.91 Å². The first-order valence-corrected chi connectivity index (χ1v) is 10.5. The van der Waals surface area contributed by atoms with Crippen LogP contribution in [0.25, 0.3) is 11.3 Å². The molecule has 0 aliphatic carbocycles. The summed E-state index contributed by atoms with van der Waals surface area (Å²) in [5, 5.41) is 3.54. The van der Waals surface area contributed by atoms with Crippen molar-refractivity contribution in [1.29, 1.82) is 0 Å². The lowest BCUT2D eigenvalue weighted by Gasteiger charge is -2.23. The lowest BCUT2D eigenvalue weighted by Crippen LogP contribution is -2.32. The number of carbonyl (C=O) groups is 1. The highest BCUT2D eigenvalue weighted by molar-refractivity contribution is 7.16. The molecule has 1 N–H and O–H groups in total. The second-order valence-corrected chi connectivity index (χ2v) is 8.24. The molecule has 0 saturated carbocycles. The van der Waals surface area contributed by atoms with Crippen molar-refractivity contribution in [3.8, 4) is 11.3 Å². The number of thiazole rings is 1. The Morgan fingerprint density at radius 3 is 2.74 bits per heavy atom. The fraction of sp³-hybridized carbons (Fsp3) is 0.524. The summed E-state index contributed by atoms with van der Waals surface area (Å²) in [7, 11) is 0. The summed E-state index contributed by atoms with van der Waals surface area (Å²) in [5.74, 6) is 0.162. The normalized spacial score (nSPS) is 18.4. The standard InChI is InChI=1S/C21H28N2O3S/c1-14(2)19-18(16-9-5-4-6-10-16)22-21(27-19)23-20(24)15(3)26-13-17-11-7-8-12-25-17/h4-6,9-10,14-15,17H,7-8,11-13H2,1-3H3,(H,22,23,24). The minimum absolute atomic E-state index is 0.103. The molecule has 6 heteroatoms. The van der Waals surface area contributed by atoms with E-state index in [0.29, 0.717) is 17.7 Å². The molecule has 146 valence electrons. The van der Waals surface area contributed by atoms with Gasteiger partial charge in [-0.3, -0.25) is 10.1 Å². The smallest absolute Gasteiger partial charge is 0.254 e. The number of hydrogen-bond donors (Lipinski definition) is 1. The molecule has 1 aromatic carbocycles. The minimum atomic E-state index is -0.540. The number of rotatable bonds is 7. The zero-order valence-corrected chi connectivity index (χ0v) is 17.1. The highest BCUT2D eigenvalue weighted by Crippen LogP contribution is 2.36. The summed E-state index contributed by atoms with van der Waals surface area (Å²) < 4.78 is 11.4. The quantitative estimate of drug-likeness (QED) is 0.737. The third kappa shape index (κ3) is 5.37. The van der Waals surface area contributed by atoms with Crippen LogP contribution in [0.15, 0.2) is 30.3 Å². The number of carbonyl (C=O) groups excluding carboxylic acids is 1. The molecular weight excluding hydrogens is 360 g/mol. The SMILES string of the molecule is CC(OCC1CCCCO1)C(=O)Nc1nc(-c2ccccc2)c(C(C)C)s1. The number of amides is 1. The first-order chi connectivity index (χ1) is 13.0. The average molecular weight is 389 g/mol. The van der Waals surface area contributed by atoms with E-state index in [9.17, 15) is 4.79 Å². The molecule has 2 aromatic rings. The van der Waals surface area contributed by atoms with Crippen molar-refractivity contribution in [3.05, 3.63) is 35.2 Å². The summed E-state index contributed by atoms with van der Waals surface area (Å²) in [4.78, 5) is 18.3. The molecule has 1 aliphatic rings. The van der Waals surface area contributed by atoms with Gasteiger partial charge >= 0.3 is 0 Å². The topological polar surface area (TPSA) is 60.5 Å². The third-order valence-electron chi connectivity index (χ3n) is 4.63. The van der Waals surface area contributed by atoms with Gasteiger partial charge in [-0.25, -0.2) is 4.98 Å². The van der Waals surface area contributed by atoms with E-state index < -0.39 is 6.10 Å². The Balaban J connectivity index is 1.63. The fourth-order valence-electron chi connectivity index (χ4n) is 3.05. The highest BCUT2D eigenvalue weighted by Gasteiger charge is 2.21. The van der Waals surface area contributed by atoms with Gasteiger partial charge in [-0.2, -0.15) is 0 Å². The summed E-state index contributed by atoms with van der Waals surface area (Å²) in [5.41, 5.74) is 2.01. The van der Waals surface area contributed by atoms with Gasteiger partial charge in [-0.15, -0.1) is 11.3 Å². The molecule has 3 rings (SSSR count). The van der Waals surface area contributed by atoms with E-state index in [1.807, 2.05) is 30.3 Å². The van der Waals surface area contributed by atoms with Crippen LogP contribution < -0.4 is 5.32 Å². The number of benzene rings is 1. The minimum Gasteiger partial charge on any atom is -0.376 e. The van der Waals surface area contributed by atoms with Crippen molar-refractivity contribution in [3.63, 3.8) is 0 Å². The molecule has 2 atom stereocenters. The Morgan fingerprint density at radius 1 is 1.30 bits per heavy atom. The van der Waals surface area contributed by atoms with E-state index in [0.717, 1.165) is 37.1 Å². The molecular formula is C21H28N2O3S. The summed E-state index contributed by atoms with van der Waals surface area (Å²) in [6.07, 6.45) is 2.83. The number of nitrogens with one attached hydrogen (secondary N) is 1. The molecule has 27 heavy (non-hydrogen) atoms. The molecule has 1 fully saturated rings. The molecule has 1 aromatic heterocycles. The van der Waals surface area contributed by atoms with Crippen molar-refractivity contribution in [2.75, 3.05) is 18.5 Å². The number of ether oxygens (including phenoxy) is 2. The Hall–Kier alpha value is -1.76. The second-order valence-electron chi connectivity index (χ2n) is 7.21. The van der Waals surface area contributed by atoms with E-state index in [4.69, 9.17) is 9.47 Å². The van der Waals surface area contributed by atoms with Gasteiger partial charge in [-0.05, 0) is 32.1 Å². The van der Waals surface area contributed by atoms with Crippen LogP contribution in [0.2, 0.25) is 0 Å². The van der Waals surface area contributed by atoms with Crippen molar-refractivity contribution in [2.45, 2.75) is 58.2 Å². The Kier molecular flexibility index (Phi) is 6.99. The monoisotopic (exact) mass is 388 g/mol. The molecule has 2 unspecified atom stereocenters. The van der Waals surface area contributed by atoms with E-state index >= 15 is 0 Å². The first-order valence-electron chi connectivity index (χ1n) is 9.64. The van der Waals surface area contributed by atoms with Crippen molar-refractivity contribution < 1.29 is 14.3 Å². The number of hydrogen-bond acceptors (Lipinski definition) is 5. The van der Waals surface area contributed by atoms with Crippen LogP contribution in [-0.2, 0) is 14.3 Å². The molecule has 0 bridgehead atoms. The molecule has 1 amide bonds. The van der Waals surface area contributed by atoms with E-state index in [1.165, 1.54) is 16.2 Å². The number of nitrogens with zero attached hydrogens (tertiary/aromatic N) is 1. The zero-order valence-electron chi connectivity index (χ0n) is 16.2. The maximum absolute atomic E-state index is 12.5. The molecule has 5 nitrogen and oxygen atoms in total. The van der Waals surface area contributed by atoms with E-state index in [1.54, 1.807) is 6.92 Å². The first kappa shape index (κ1) is 20.0. The van der Waals surface area contributed by atoms with Gasteiger partial charge in [0.1, 0.15) is 6.10 Å². The van der Waals surface area contributed by atoms with Crippen LogP contribution >= 0.6 is 11.3 Å². The zero-order chi connectivity index (χ0) is 19.2. The molecule has 1 saturated heterocycles. The third-order valence-corrected chi connectivity index (χ3v) is 5.90. The molecule has 2 heterocycles. The Bertz CT molecular complexity index is 739. The van der Waals surface area contributed by atoms with Crippen molar-refractivity contribution >= 4 is 22.4 Å². The lowest BCUT2D eigenvalue weighted by molar-refractivity contribution is -0.130. The predicted octanol–water partition coefficient (Wildman–Crippen LogP) is 4.85. The summed E-state index contributed by atoms with van der Waals surface area (Å²) in [6.45, 7) is 7.29. The van der Waals surface area contributed by atoms with Crippen LogP contribution in [0.5, 0.6) is 0 Å². The predicted molar refractivity (Wildman–Crippen MR) is 109 cm³/mol. The Labute approximate surface area is 165 Å². The van der Waals surface area contributed by atoms with E-state index in [2.05, 4.69) is 24.1 Å². The van der Waals surface area contributed by atoms with Crippen LogP contribution in [-0.4, -0.2) is 36.3 Å². The van der Waals surface area contributed by atoms with Gasteiger partial charge in [0.05, 0.1) is 18.4 Å². The summed E-state index contributed by atoms with van der Waals surface area (Å²) in [6, 6.07) is 10.1. The van der Waals surface area contributed by atoms with Gasteiger partial charge in [0, 0.05) is 17.0 Å².